The molecule has 22 heavy (non-hydrogen) atoms. The van der Waals surface area contributed by atoms with E-state index >= 15 is 0 Å². The number of hydrogen-bond acceptors (Lipinski definition) is 3. The minimum absolute atomic E-state index is 0.151. The molecule has 0 spiro atoms. The van der Waals surface area contributed by atoms with E-state index in [0.717, 1.165) is 17.0 Å². The highest BCUT2D eigenvalue weighted by Gasteiger charge is 2.16. The quantitative estimate of drug-likeness (QED) is 0.907. The first-order valence-corrected chi connectivity index (χ1v) is 7.33. The van der Waals surface area contributed by atoms with E-state index < -0.39 is 0 Å². The van der Waals surface area contributed by atoms with Crippen molar-refractivity contribution in [3.8, 4) is 0 Å². The van der Waals surface area contributed by atoms with Gasteiger partial charge in [0.05, 0.1) is 12.2 Å². The smallest absolute Gasteiger partial charge is 0.252 e. The molecule has 0 saturated carbocycles. The van der Waals surface area contributed by atoms with Gasteiger partial charge in [0.15, 0.2) is 0 Å². The summed E-state index contributed by atoms with van der Waals surface area (Å²) in [7, 11) is 1.86. The Labute approximate surface area is 129 Å². The van der Waals surface area contributed by atoms with Gasteiger partial charge in [-0.2, -0.15) is 5.10 Å². The Kier molecular flexibility index (Phi) is 4.49. The van der Waals surface area contributed by atoms with Crippen LogP contribution in [0.3, 0.4) is 0 Å². The number of nitrogens with one attached hydrogen (secondary N) is 2. The average molecular weight is 302 g/mol. The van der Waals surface area contributed by atoms with Gasteiger partial charge in [0, 0.05) is 35.6 Å². The third-order valence-electron chi connectivity index (χ3n) is 3.84. The molecular formula is C16H22N4O2. The molecule has 6 nitrogen and oxygen atoms in total. The zero-order chi connectivity index (χ0) is 16.4. The van der Waals surface area contributed by atoms with Crippen molar-refractivity contribution in [2.45, 2.75) is 39.7 Å². The second-order valence-electron chi connectivity index (χ2n) is 5.85. The van der Waals surface area contributed by atoms with Crippen LogP contribution in [0.25, 0.3) is 0 Å². The van der Waals surface area contributed by atoms with Crippen LogP contribution >= 0.6 is 0 Å². The van der Waals surface area contributed by atoms with Crippen LogP contribution in [0.1, 0.15) is 60.0 Å². The van der Waals surface area contributed by atoms with Gasteiger partial charge in [-0.1, -0.05) is 13.8 Å². The largest absolute Gasteiger partial charge is 0.345 e. The summed E-state index contributed by atoms with van der Waals surface area (Å²) in [5.41, 5.74) is 2.83. The van der Waals surface area contributed by atoms with E-state index in [4.69, 9.17) is 0 Å². The SMILES string of the molecule is Cc1c(C(C)NC(=O)c2cc(C(C)C)[nH]c(=O)c2)cnn1C. The number of aryl methyl sites for hydroxylation is 1. The van der Waals surface area contributed by atoms with Crippen LogP contribution in [-0.2, 0) is 7.05 Å². The maximum Gasteiger partial charge on any atom is 0.252 e. The first kappa shape index (κ1) is 16.0. The molecule has 0 aromatic carbocycles. The molecule has 6 heteroatoms. The lowest BCUT2D eigenvalue weighted by Crippen LogP contribution is -2.28. The van der Waals surface area contributed by atoms with Crippen LogP contribution in [0.15, 0.2) is 23.1 Å². The zero-order valence-electron chi connectivity index (χ0n) is 13.6. The molecule has 2 heterocycles. The van der Waals surface area contributed by atoms with Gasteiger partial charge >= 0.3 is 0 Å². The molecule has 0 fully saturated rings. The van der Waals surface area contributed by atoms with Crippen molar-refractivity contribution in [1.82, 2.24) is 20.1 Å². The Morgan fingerprint density at radius 1 is 1.32 bits per heavy atom. The van der Waals surface area contributed by atoms with Crippen LogP contribution in [0.2, 0.25) is 0 Å². The maximum absolute atomic E-state index is 12.4. The van der Waals surface area contributed by atoms with Crippen molar-refractivity contribution in [3.05, 3.63) is 51.2 Å². The first-order chi connectivity index (χ1) is 10.3. The Balaban J connectivity index is 2.22. The first-order valence-electron chi connectivity index (χ1n) is 7.33. The van der Waals surface area contributed by atoms with Gasteiger partial charge in [0.25, 0.3) is 5.91 Å². The summed E-state index contributed by atoms with van der Waals surface area (Å²) in [6.45, 7) is 7.79. The Hall–Kier alpha value is -2.37. The zero-order valence-corrected chi connectivity index (χ0v) is 13.6. The Bertz CT molecular complexity index is 743. The minimum atomic E-state index is -0.262. The lowest BCUT2D eigenvalue weighted by atomic mass is 10.1. The predicted molar refractivity (Wildman–Crippen MR) is 85.0 cm³/mol. The van der Waals surface area contributed by atoms with Crippen molar-refractivity contribution < 1.29 is 4.79 Å². The summed E-state index contributed by atoms with van der Waals surface area (Å²) >= 11 is 0. The van der Waals surface area contributed by atoms with Crippen LogP contribution in [-0.4, -0.2) is 20.7 Å². The summed E-state index contributed by atoms with van der Waals surface area (Å²) in [5, 5.41) is 7.09. The van der Waals surface area contributed by atoms with Crippen molar-refractivity contribution in [2.75, 3.05) is 0 Å². The highest BCUT2D eigenvalue weighted by Crippen LogP contribution is 2.17. The number of amides is 1. The van der Waals surface area contributed by atoms with E-state index in [2.05, 4.69) is 15.4 Å². The van der Waals surface area contributed by atoms with E-state index in [-0.39, 0.29) is 23.4 Å². The van der Waals surface area contributed by atoms with E-state index in [9.17, 15) is 9.59 Å². The number of rotatable bonds is 4. The fourth-order valence-corrected chi connectivity index (χ4v) is 2.31. The van der Waals surface area contributed by atoms with Gasteiger partial charge in [-0.05, 0) is 25.8 Å². The number of nitrogens with zero attached hydrogens (tertiary/aromatic N) is 2. The Morgan fingerprint density at radius 2 is 2.00 bits per heavy atom. The molecular weight excluding hydrogens is 280 g/mol. The van der Waals surface area contributed by atoms with Crippen LogP contribution in [0, 0.1) is 6.92 Å². The summed E-state index contributed by atoms with van der Waals surface area (Å²) < 4.78 is 1.77. The molecule has 0 saturated heterocycles. The van der Waals surface area contributed by atoms with Gasteiger partial charge in [-0.15, -0.1) is 0 Å². The minimum Gasteiger partial charge on any atom is -0.345 e. The van der Waals surface area contributed by atoms with Gasteiger partial charge in [-0.25, -0.2) is 0 Å². The van der Waals surface area contributed by atoms with Gasteiger partial charge in [0.2, 0.25) is 5.56 Å². The van der Waals surface area contributed by atoms with Crippen molar-refractivity contribution >= 4 is 5.91 Å². The van der Waals surface area contributed by atoms with Gasteiger partial charge in [-0.3, -0.25) is 14.3 Å². The number of H-pyrrole nitrogens is 1. The standard InChI is InChI=1S/C16H22N4O2/c1-9(2)14-6-12(7-15(21)19-14)16(22)18-10(3)13-8-17-20(5)11(13)4/h6-10H,1-5H3,(H,18,22)(H,19,21). The molecule has 2 aromatic rings. The fraction of sp³-hybridized carbons (Fsp3) is 0.438. The van der Waals surface area contributed by atoms with E-state index in [0.29, 0.717) is 5.56 Å². The third-order valence-corrected chi connectivity index (χ3v) is 3.84. The molecule has 1 amide bonds. The molecule has 0 radical (unpaired) electrons. The fourth-order valence-electron chi connectivity index (χ4n) is 2.31. The Morgan fingerprint density at radius 3 is 2.55 bits per heavy atom. The van der Waals surface area contributed by atoms with Crippen molar-refractivity contribution in [1.29, 1.82) is 0 Å². The predicted octanol–water partition coefficient (Wildman–Crippen LogP) is 2.03. The summed E-state index contributed by atoms with van der Waals surface area (Å²) in [4.78, 5) is 26.8. The molecule has 118 valence electrons. The lowest BCUT2D eigenvalue weighted by Gasteiger charge is -2.14. The summed E-state index contributed by atoms with van der Waals surface area (Å²) in [5.74, 6) is -0.109. The molecule has 2 N–H and O–H groups in total. The topological polar surface area (TPSA) is 79.8 Å². The van der Waals surface area contributed by atoms with Gasteiger partial charge < -0.3 is 10.3 Å². The molecule has 0 aliphatic carbocycles. The molecule has 2 rings (SSSR count). The number of hydrogen-bond donors (Lipinski definition) is 2. The highest BCUT2D eigenvalue weighted by atomic mass is 16.2. The van der Waals surface area contributed by atoms with Crippen molar-refractivity contribution in [2.24, 2.45) is 7.05 Å². The molecule has 1 atom stereocenters. The molecule has 0 aliphatic heterocycles. The lowest BCUT2D eigenvalue weighted by molar-refractivity contribution is 0.0939. The van der Waals surface area contributed by atoms with E-state index in [1.54, 1.807) is 16.9 Å². The number of aromatic amines is 1. The molecule has 2 aromatic heterocycles. The van der Waals surface area contributed by atoms with Gasteiger partial charge in [0.1, 0.15) is 0 Å². The number of carbonyl (C=O) groups is 1. The van der Waals surface area contributed by atoms with Crippen LogP contribution < -0.4 is 10.9 Å². The van der Waals surface area contributed by atoms with Crippen LogP contribution in [0.4, 0.5) is 0 Å². The number of aromatic nitrogens is 3. The van der Waals surface area contributed by atoms with E-state index in [1.807, 2.05) is 34.7 Å². The molecule has 1 unspecified atom stereocenters. The monoisotopic (exact) mass is 302 g/mol. The van der Waals surface area contributed by atoms with Crippen molar-refractivity contribution in [3.63, 3.8) is 0 Å². The second kappa shape index (κ2) is 6.17. The number of pyridine rings is 1. The third kappa shape index (κ3) is 3.27. The summed E-state index contributed by atoms with van der Waals surface area (Å²) in [6, 6.07) is 2.87. The van der Waals surface area contributed by atoms with Crippen LogP contribution in [0.5, 0.6) is 0 Å². The molecule has 0 bridgehead atoms. The second-order valence-corrected chi connectivity index (χ2v) is 5.85. The normalized spacial score (nSPS) is 12.5. The highest BCUT2D eigenvalue weighted by molar-refractivity contribution is 5.94. The summed E-state index contributed by atoms with van der Waals surface area (Å²) in [6.07, 6.45) is 1.75. The van der Waals surface area contributed by atoms with E-state index in [1.165, 1.54) is 6.07 Å². The maximum atomic E-state index is 12.4. The molecule has 0 aliphatic rings. The average Bonchev–Trinajstić information content (AvgIpc) is 2.78. The number of carbonyl (C=O) groups excluding carboxylic acids is 1.